The minimum absolute atomic E-state index is 0.104. The molecule has 0 N–H and O–H groups in total. The normalized spacial score (nSPS) is 19.5. The van der Waals surface area contributed by atoms with Crippen LogP contribution < -0.4 is 0 Å². The number of hydrogen-bond donors (Lipinski definition) is 0. The van der Waals surface area contributed by atoms with Crippen molar-refractivity contribution in [3.8, 4) is 5.69 Å². The quantitative estimate of drug-likeness (QED) is 0.840. The van der Waals surface area contributed by atoms with E-state index in [-0.39, 0.29) is 13.0 Å². The summed E-state index contributed by atoms with van der Waals surface area (Å²) in [4.78, 5) is 1.90. The fourth-order valence-electron chi connectivity index (χ4n) is 3.12. The van der Waals surface area contributed by atoms with Crippen LogP contribution in [0.15, 0.2) is 30.3 Å². The number of likely N-dealkylation sites (tertiary alicyclic amines) is 1. The van der Waals surface area contributed by atoms with Gasteiger partial charge in [-0.2, -0.15) is 17.9 Å². The Bertz CT molecular complexity index is 641. The Hall–Kier alpha value is -1.96. The number of alkyl halides is 3. The number of tetrazole rings is 1. The van der Waals surface area contributed by atoms with E-state index in [1.165, 1.54) is 0 Å². The molecule has 3 rings (SSSR count). The van der Waals surface area contributed by atoms with Crippen molar-refractivity contribution in [2.45, 2.75) is 31.9 Å². The van der Waals surface area contributed by atoms with Crippen LogP contribution in [0.1, 0.15) is 25.1 Å². The summed E-state index contributed by atoms with van der Waals surface area (Å²) >= 11 is 0. The molecule has 1 aromatic heterocycles. The maximum atomic E-state index is 12.8. The van der Waals surface area contributed by atoms with Crippen molar-refractivity contribution in [1.29, 1.82) is 0 Å². The molecule has 2 heterocycles. The Labute approximate surface area is 138 Å². The zero-order chi connectivity index (χ0) is 17.0. The van der Waals surface area contributed by atoms with E-state index in [1.54, 1.807) is 4.68 Å². The van der Waals surface area contributed by atoms with Gasteiger partial charge in [0.1, 0.15) is 0 Å². The molecule has 1 fully saturated rings. The lowest BCUT2D eigenvalue weighted by Gasteiger charge is -2.33. The zero-order valence-corrected chi connectivity index (χ0v) is 13.3. The maximum Gasteiger partial charge on any atom is 0.393 e. The summed E-state index contributed by atoms with van der Waals surface area (Å²) in [7, 11) is 0. The zero-order valence-electron chi connectivity index (χ0n) is 13.3. The molecule has 1 aliphatic rings. The van der Waals surface area contributed by atoms with Crippen molar-refractivity contribution < 1.29 is 13.2 Å². The highest BCUT2D eigenvalue weighted by atomic mass is 19.4. The summed E-state index contributed by atoms with van der Waals surface area (Å²) in [6, 6.07) is 9.56. The van der Waals surface area contributed by atoms with Crippen molar-refractivity contribution in [2.75, 3.05) is 19.6 Å². The fraction of sp³-hybridized carbons (Fsp3) is 0.562. The second kappa shape index (κ2) is 7.29. The Kier molecular flexibility index (Phi) is 5.13. The predicted molar refractivity (Wildman–Crippen MR) is 82.7 cm³/mol. The van der Waals surface area contributed by atoms with E-state index in [1.807, 2.05) is 35.2 Å². The first-order valence-electron chi connectivity index (χ1n) is 8.16. The number of para-hydroxylation sites is 1. The Morgan fingerprint density at radius 1 is 1.17 bits per heavy atom. The maximum absolute atomic E-state index is 12.8. The van der Waals surface area contributed by atoms with Crippen molar-refractivity contribution in [1.82, 2.24) is 25.1 Å². The van der Waals surface area contributed by atoms with Crippen LogP contribution in [0.5, 0.6) is 0 Å². The van der Waals surface area contributed by atoms with Gasteiger partial charge >= 0.3 is 6.18 Å². The number of aryl methyl sites for hydroxylation is 1. The SMILES string of the molecule is FC(F)(F)[C@@H]1CCCN(CCCc2nnnn2-c2ccccc2)C1. The lowest BCUT2D eigenvalue weighted by molar-refractivity contribution is -0.186. The van der Waals surface area contributed by atoms with Gasteiger partial charge in [-0.3, -0.25) is 0 Å². The van der Waals surface area contributed by atoms with Gasteiger partial charge < -0.3 is 4.90 Å². The van der Waals surface area contributed by atoms with Crippen molar-refractivity contribution in [3.05, 3.63) is 36.2 Å². The molecule has 0 aliphatic carbocycles. The van der Waals surface area contributed by atoms with Crippen LogP contribution in [-0.4, -0.2) is 50.9 Å². The molecule has 1 aromatic carbocycles. The number of hydrogen-bond acceptors (Lipinski definition) is 4. The van der Waals surface area contributed by atoms with Gasteiger partial charge in [-0.25, -0.2) is 0 Å². The average molecular weight is 339 g/mol. The molecule has 130 valence electrons. The summed E-state index contributed by atoms with van der Waals surface area (Å²) in [5, 5.41) is 11.7. The van der Waals surface area contributed by atoms with Crippen LogP contribution in [0.2, 0.25) is 0 Å². The number of piperidine rings is 1. The molecule has 0 bridgehead atoms. The monoisotopic (exact) mass is 339 g/mol. The third-order valence-corrected chi connectivity index (χ3v) is 4.38. The topological polar surface area (TPSA) is 46.8 Å². The fourth-order valence-corrected chi connectivity index (χ4v) is 3.12. The smallest absolute Gasteiger partial charge is 0.303 e. The summed E-state index contributed by atoms with van der Waals surface area (Å²) < 4.78 is 40.2. The Morgan fingerprint density at radius 3 is 2.71 bits per heavy atom. The molecule has 0 saturated carbocycles. The Morgan fingerprint density at radius 2 is 1.96 bits per heavy atom. The molecule has 24 heavy (non-hydrogen) atoms. The Balaban J connectivity index is 1.53. The van der Waals surface area contributed by atoms with Crippen LogP contribution in [0, 0.1) is 5.92 Å². The van der Waals surface area contributed by atoms with Gasteiger partial charge in [-0.1, -0.05) is 18.2 Å². The highest BCUT2D eigenvalue weighted by molar-refractivity contribution is 5.30. The summed E-state index contributed by atoms with van der Waals surface area (Å²) in [6.07, 6.45) is -1.87. The number of halogens is 3. The van der Waals surface area contributed by atoms with Gasteiger partial charge in [0.05, 0.1) is 11.6 Å². The van der Waals surface area contributed by atoms with Crippen molar-refractivity contribution in [2.24, 2.45) is 5.92 Å². The number of benzene rings is 1. The summed E-state index contributed by atoms with van der Waals surface area (Å²) in [5.41, 5.74) is 0.882. The van der Waals surface area contributed by atoms with Gasteiger partial charge in [-0.05, 0) is 54.9 Å². The first-order valence-corrected chi connectivity index (χ1v) is 8.16. The number of aromatic nitrogens is 4. The molecule has 1 saturated heterocycles. The van der Waals surface area contributed by atoms with Crippen LogP contribution in [0.25, 0.3) is 5.69 Å². The van der Waals surface area contributed by atoms with Crippen LogP contribution in [0.3, 0.4) is 0 Å². The largest absolute Gasteiger partial charge is 0.393 e. The molecule has 5 nitrogen and oxygen atoms in total. The molecule has 0 amide bonds. The minimum atomic E-state index is -4.09. The molecule has 0 radical (unpaired) electrons. The van der Waals surface area contributed by atoms with Crippen LogP contribution in [0.4, 0.5) is 13.2 Å². The number of rotatable bonds is 5. The minimum Gasteiger partial charge on any atom is -0.303 e. The summed E-state index contributed by atoms with van der Waals surface area (Å²) in [5.74, 6) is -0.466. The molecule has 0 spiro atoms. The second-order valence-corrected chi connectivity index (χ2v) is 6.13. The third-order valence-electron chi connectivity index (χ3n) is 4.38. The van der Waals surface area contributed by atoms with E-state index in [0.717, 1.165) is 24.5 Å². The molecule has 0 unspecified atom stereocenters. The standard InChI is InChI=1S/C16H20F3N5/c17-16(18,19)13-6-4-10-23(12-13)11-5-9-15-20-21-22-24(15)14-7-2-1-3-8-14/h1-3,7-8,13H,4-6,9-12H2/t13-/m1/s1. The van der Waals surface area contributed by atoms with Crippen LogP contribution in [-0.2, 0) is 6.42 Å². The van der Waals surface area contributed by atoms with E-state index >= 15 is 0 Å². The van der Waals surface area contributed by atoms with Gasteiger partial charge in [0.2, 0.25) is 0 Å². The molecule has 8 heteroatoms. The lowest BCUT2D eigenvalue weighted by atomic mass is 9.97. The highest BCUT2D eigenvalue weighted by Gasteiger charge is 2.41. The van der Waals surface area contributed by atoms with Crippen molar-refractivity contribution in [3.63, 3.8) is 0 Å². The predicted octanol–water partition coefficient (Wildman–Crippen LogP) is 2.87. The number of nitrogens with zero attached hydrogens (tertiary/aromatic N) is 5. The van der Waals surface area contributed by atoms with E-state index < -0.39 is 12.1 Å². The van der Waals surface area contributed by atoms with Gasteiger partial charge in [-0.15, -0.1) is 5.10 Å². The first kappa shape index (κ1) is 16.9. The van der Waals surface area contributed by atoms with Crippen LogP contribution >= 0.6 is 0 Å². The third kappa shape index (κ3) is 4.11. The molecule has 2 aromatic rings. The van der Waals surface area contributed by atoms with Gasteiger partial charge in [0.25, 0.3) is 0 Å². The molecule has 1 aliphatic heterocycles. The van der Waals surface area contributed by atoms with E-state index in [4.69, 9.17) is 0 Å². The van der Waals surface area contributed by atoms with E-state index in [9.17, 15) is 13.2 Å². The van der Waals surface area contributed by atoms with Crippen molar-refractivity contribution >= 4 is 0 Å². The lowest BCUT2D eigenvalue weighted by Crippen LogP contribution is -2.42. The van der Waals surface area contributed by atoms with E-state index in [0.29, 0.717) is 19.4 Å². The average Bonchev–Trinajstić information content (AvgIpc) is 3.04. The summed E-state index contributed by atoms with van der Waals surface area (Å²) in [6.45, 7) is 1.47. The highest BCUT2D eigenvalue weighted by Crippen LogP contribution is 2.33. The molecular formula is C16H20F3N5. The van der Waals surface area contributed by atoms with Gasteiger partial charge in [0, 0.05) is 13.0 Å². The molecular weight excluding hydrogens is 319 g/mol. The molecule has 1 atom stereocenters. The van der Waals surface area contributed by atoms with E-state index in [2.05, 4.69) is 15.5 Å². The van der Waals surface area contributed by atoms with Gasteiger partial charge in [0.15, 0.2) is 5.82 Å². The first-order chi connectivity index (χ1) is 11.5. The second-order valence-electron chi connectivity index (χ2n) is 6.13.